The Kier molecular flexibility index (Phi) is 9.54. The lowest BCUT2D eigenvalue weighted by Crippen LogP contribution is -2.40. The van der Waals surface area contributed by atoms with E-state index >= 15 is 0 Å². The molecule has 1 aliphatic rings. The van der Waals surface area contributed by atoms with Crippen LogP contribution in [-0.2, 0) is 38.6 Å². The van der Waals surface area contributed by atoms with Gasteiger partial charge in [-0.05, 0) is 71.6 Å². The molecule has 2 atom stereocenters. The molecular weight excluding hydrogens is 661 g/mol. The molecule has 49 heavy (non-hydrogen) atoms. The minimum Gasteiger partial charge on any atom is -0.489 e. The molecule has 0 bridgehead atoms. The molecule has 2 amide bonds. The fourth-order valence-electron chi connectivity index (χ4n) is 5.59. The van der Waals surface area contributed by atoms with Crippen LogP contribution in [-0.4, -0.2) is 43.1 Å². The van der Waals surface area contributed by atoms with Crippen molar-refractivity contribution in [2.75, 3.05) is 6.61 Å². The van der Waals surface area contributed by atoms with Gasteiger partial charge in [-0.2, -0.15) is 13.2 Å². The monoisotopic (exact) mass is 690 g/mol. The number of halogens is 3. The Morgan fingerprint density at radius 1 is 0.898 bits per heavy atom. The minimum atomic E-state index is -4.58. The van der Waals surface area contributed by atoms with Crippen molar-refractivity contribution in [1.82, 2.24) is 10.1 Å². The number of imide groups is 1. The van der Waals surface area contributed by atoms with E-state index in [1.807, 2.05) is 30.3 Å². The molecule has 1 fully saturated rings. The Bertz CT molecular complexity index is 2020. The van der Waals surface area contributed by atoms with E-state index in [1.165, 1.54) is 29.4 Å². The average Bonchev–Trinajstić information content (AvgIpc) is 3.77. The number of cyclic esters (lactones) is 1. The summed E-state index contributed by atoms with van der Waals surface area (Å²) >= 11 is 0. The Morgan fingerprint density at radius 2 is 1.61 bits per heavy atom. The van der Waals surface area contributed by atoms with Gasteiger partial charge in [0.05, 0.1) is 27.1 Å². The summed E-state index contributed by atoms with van der Waals surface area (Å²) in [7, 11) is -4.08. The highest BCUT2D eigenvalue weighted by atomic mass is 32.2. The molecule has 2 heterocycles. The highest BCUT2D eigenvalue weighted by molar-refractivity contribution is 7.91. The third kappa shape index (κ3) is 7.67. The van der Waals surface area contributed by atoms with Crippen LogP contribution in [0.15, 0.2) is 130 Å². The highest BCUT2D eigenvalue weighted by Gasteiger charge is 2.39. The average molecular weight is 691 g/mol. The summed E-state index contributed by atoms with van der Waals surface area (Å²) in [5.41, 5.74) is 1.76. The molecule has 13 heteroatoms. The first kappa shape index (κ1) is 33.5. The van der Waals surface area contributed by atoms with E-state index in [9.17, 15) is 31.2 Å². The first-order valence-electron chi connectivity index (χ1n) is 15.2. The summed E-state index contributed by atoms with van der Waals surface area (Å²) in [6.45, 7) is 0.102. The zero-order chi connectivity index (χ0) is 34.6. The molecule has 5 aromatic rings. The molecular formula is C36H29F3N2O7S. The molecule has 0 saturated carbocycles. The molecule has 1 aromatic heterocycles. The standard InChI is InChI=1S/C36H29F3N2O7S/c37-36(38,39)27-11-15-30(16-12-27)49(44,45)31-8-4-7-25(20-31)22-46-29-13-9-26(10-14-29)32(33-17-18-48-40-33)21-34(42)41-28(23-47-35(41)43)19-24-5-2-1-3-6-24/h1-18,20,28,32H,19,21-23H2. The SMILES string of the molecule is O=C(CC(c1ccc(OCc2cccc(S(=O)(=O)c3ccc(C(F)(F)F)cc3)c2)cc1)c1ccon1)N1C(=O)OCC1Cc1ccccc1. The van der Waals surface area contributed by atoms with Gasteiger partial charge in [-0.15, -0.1) is 0 Å². The van der Waals surface area contributed by atoms with Gasteiger partial charge in [0.1, 0.15) is 25.2 Å². The third-order valence-electron chi connectivity index (χ3n) is 8.13. The van der Waals surface area contributed by atoms with Crippen LogP contribution >= 0.6 is 0 Å². The lowest BCUT2D eigenvalue weighted by molar-refractivity contribution is -0.137. The summed E-state index contributed by atoms with van der Waals surface area (Å²) in [4.78, 5) is 27.0. The van der Waals surface area contributed by atoms with Crippen molar-refractivity contribution in [1.29, 1.82) is 0 Å². The predicted octanol–water partition coefficient (Wildman–Crippen LogP) is 7.22. The normalized spacial score (nSPS) is 15.5. The van der Waals surface area contributed by atoms with Crippen LogP contribution < -0.4 is 4.74 Å². The zero-order valence-corrected chi connectivity index (χ0v) is 26.6. The maximum Gasteiger partial charge on any atom is 0.416 e. The first-order valence-corrected chi connectivity index (χ1v) is 16.6. The van der Waals surface area contributed by atoms with Gasteiger partial charge in [-0.3, -0.25) is 4.79 Å². The number of benzene rings is 4. The molecule has 1 saturated heterocycles. The van der Waals surface area contributed by atoms with Crippen LogP contribution in [0.5, 0.6) is 5.75 Å². The van der Waals surface area contributed by atoms with Crippen molar-refractivity contribution in [3.63, 3.8) is 0 Å². The van der Waals surface area contributed by atoms with Gasteiger partial charge < -0.3 is 14.0 Å². The topological polar surface area (TPSA) is 116 Å². The van der Waals surface area contributed by atoms with E-state index < -0.39 is 45.5 Å². The summed E-state index contributed by atoms with van der Waals surface area (Å²) < 4.78 is 81.2. The van der Waals surface area contributed by atoms with E-state index in [0.29, 0.717) is 29.0 Å². The molecule has 0 N–H and O–H groups in total. The van der Waals surface area contributed by atoms with E-state index in [1.54, 1.807) is 36.4 Å². The molecule has 6 rings (SSSR count). The number of hydrogen-bond acceptors (Lipinski definition) is 8. The Labute approximate surface area is 279 Å². The van der Waals surface area contributed by atoms with Gasteiger partial charge in [0, 0.05) is 18.4 Å². The number of sulfone groups is 1. The van der Waals surface area contributed by atoms with Gasteiger partial charge in [-0.25, -0.2) is 18.1 Å². The predicted molar refractivity (Wildman–Crippen MR) is 169 cm³/mol. The first-order chi connectivity index (χ1) is 23.5. The van der Waals surface area contributed by atoms with E-state index in [2.05, 4.69) is 5.16 Å². The van der Waals surface area contributed by atoms with Crippen LogP contribution in [0.2, 0.25) is 0 Å². The summed E-state index contributed by atoms with van der Waals surface area (Å²) in [5, 5.41) is 4.05. The number of alkyl halides is 3. The quantitative estimate of drug-likeness (QED) is 0.143. The summed E-state index contributed by atoms with van der Waals surface area (Å²) in [5.74, 6) is -0.503. The van der Waals surface area contributed by atoms with Gasteiger partial charge in [0.2, 0.25) is 15.7 Å². The second kappa shape index (κ2) is 14.0. The maximum absolute atomic E-state index is 13.6. The van der Waals surface area contributed by atoms with Gasteiger partial charge >= 0.3 is 12.3 Å². The lowest BCUT2D eigenvalue weighted by Gasteiger charge is -2.22. The number of carbonyl (C=O) groups excluding carboxylic acids is 2. The van der Waals surface area contributed by atoms with Gasteiger partial charge in [-0.1, -0.05) is 59.8 Å². The minimum absolute atomic E-state index is 0.000787. The second-order valence-electron chi connectivity index (χ2n) is 11.4. The smallest absolute Gasteiger partial charge is 0.416 e. The highest BCUT2D eigenvalue weighted by Crippen LogP contribution is 2.33. The Hall–Kier alpha value is -5.43. The van der Waals surface area contributed by atoms with Crippen LogP contribution in [0.1, 0.15) is 40.3 Å². The molecule has 2 unspecified atom stereocenters. The lowest BCUT2D eigenvalue weighted by atomic mass is 9.91. The van der Waals surface area contributed by atoms with Gasteiger partial charge in [0.15, 0.2) is 0 Å². The van der Waals surface area contributed by atoms with E-state index in [-0.39, 0.29) is 29.4 Å². The van der Waals surface area contributed by atoms with Crippen molar-refractivity contribution in [2.45, 2.75) is 47.4 Å². The molecule has 0 radical (unpaired) electrons. The third-order valence-corrected chi connectivity index (χ3v) is 9.89. The molecule has 0 aliphatic carbocycles. The second-order valence-corrected chi connectivity index (χ2v) is 13.3. The van der Waals surface area contributed by atoms with Crippen molar-refractivity contribution in [3.8, 4) is 5.75 Å². The summed E-state index contributed by atoms with van der Waals surface area (Å²) in [6, 6.07) is 26.9. The Morgan fingerprint density at radius 3 is 2.29 bits per heavy atom. The largest absolute Gasteiger partial charge is 0.489 e. The van der Waals surface area contributed by atoms with Crippen LogP contribution in [0, 0.1) is 0 Å². The maximum atomic E-state index is 13.6. The van der Waals surface area contributed by atoms with Crippen molar-refractivity contribution in [3.05, 3.63) is 143 Å². The van der Waals surface area contributed by atoms with Crippen LogP contribution in [0.4, 0.5) is 18.0 Å². The van der Waals surface area contributed by atoms with Crippen LogP contribution in [0.3, 0.4) is 0 Å². The Balaban J connectivity index is 1.13. The molecule has 252 valence electrons. The number of nitrogens with zero attached hydrogens (tertiary/aromatic N) is 2. The number of ether oxygens (including phenoxy) is 2. The van der Waals surface area contributed by atoms with Gasteiger partial charge in [0.25, 0.3) is 0 Å². The number of carbonyl (C=O) groups is 2. The van der Waals surface area contributed by atoms with Crippen molar-refractivity contribution >= 4 is 21.8 Å². The van der Waals surface area contributed by atoms with Crippen LogP contribution in [0.25, 0.3) is 0 Å². The fraction of sp³-hybridized carbons (Fsp3) is 0.194. The fourth-order valence-corrected chi connectivity index (χ4v) is 6.93. The number of hydrogen-bond donors (Lipinski definition) is 0. The molecule has 4 aromatic carbocycles. The molecule has 1 aliphatic heterocycles. The van der Waals surface area contributed by atoms with E-state index in [4.69, 9.17) is 14.0 Å². The van der Waals surface area contributed by atoms with Crippen molar-refractivity contribution < 1.29 is 45.2 Å². The molecule has 9 nitrogen and oxygen atoms in total. The van der Waals surface area contributed by atoms with Crippen molar-refractivity contribution in [2.24, 2.45) is 0 Å². The number of rotatable bonds is 11. The number of aromatic nitrogens is 1. The van der Waals surface area contributed by atoms with E-state index in [0.717, 1.165) is 29.8 Å². The molecule has 0 spiro atoms. The summed E-state index contributed by atoms with van der Waals surface area (Å²) in [6.07, 6.45) is -3.48. The number of amides is 2. The zero-order valence-electron chi connectivity index (χ0n) is 25.7.